The molecule has 1 atom stereocenters. The van der Waals surface area contributed by atoms with Gasteiger partial charge in [-0.3, -0.25) is 4.79 Å². The van der Waals surface area contributed by atoms with Crippen molar-refractivity contribution in [1.29, 1.82) is 0 Å². The topological polar surface area (TPSA) is 75.7 Å². The monoisotopic (exact) mass is 444 g/mol. The highest BCUT2D eigenvalue weighted by Gasteiger charge is 2.31. The first-order chi connectivity index (χ1) is 14.8. The largest absolute Gasteiger partial charge is 0.497 e. The number of sulfonamides is 1. The SMILES string of the molecule is CCC(NC(=O)C1CCN(S(=O)(=O)Cc2cccc(C)c2)CC1)c1ccc(OC)cc1. The second kappa shape index (κ2) is 10.3. The Bertz CT molecular complexity index is 981. The third kappa shape index (κ3) is 6.08. The minimum absolute atomic E-state index is 0.000914. The fourth-order valence-electron chi connectivity index (χ4n) is 4.05. The highest BCUT2D eigenvalue weighted by Crippen LogP contribution is 2.25. The van der Waals surface area contributed by atoms with Gasteiger partial charge in [0.2, 0.25) is 15.9 Å². The fourth-order valence-corrected chi connectivity index (χ4v) is 5.60. The van der Waals surface area contributed by atoms with Gasteiger partial charge in [-0.15, -0.1) is 0 Å². The summed E-state index contributed by atoms with van der Waals surface area (Å²) in [6.45, 7) is 4.75. The van der Waals surface area contributed by atoms with Crippen LogP contribution in [0.15, 0.2) is 48.5 Å². The molecule has 2 aromatic rings. The molecule has 0 aliphatic carbocycles. The van der Waals surface area contributed by atoms with Gasteiger partial charge >= 0.3 is 0 Å². The highest BCUT2D eigenvalue weighted by atomic mass is 32.2. The summed E-state index contributed by atoms with van der Waals surface area (Å²) in [6, 6.07) is 15.2. The van der Waals surface area contributed by atoms with Gasteiger partial charge in [0.25, 0.3) is 0 Å². The van der Waals surface area contributed by atoms with Crippen LogP contribution in [0.4, 0.5) is 0 Å². The molecule has 6 nitrogen and oxygen atoms in total. The molecule has 168 valence electrons. The molecule has 1 amide bonds. The Kier molecular flexibility index (Phi) is 7.73. The zero-order chi connectivity index (χ0) is 22.4. The summed E-state index contributed by atoms with van der Waals surface area (Å²) < 4.78 is 32.4. The van der Waals surface area contributed by atoms with Gasteiger partial charge in [0, 0.05) is 19.0 Å². The number of benzene rings is 2. The number of carbonyl (C=O) groups excluding carboxylic acids is 1. The van der Waals surface area contributed by atoms with Crippen molar-refractivity contribution < 1.29 is 17.9 Å². The molecule has 1 saturated heterocycles. The Morgan fingerprint density at radius 2 is 1.84 bits per heavy atom. The summed E-state index contributed by atoms with van der Waals surface area (Å²) in [4.78, 5) is 12.8. The van der Waals surface area contributed by atoms with E-state index in [4.69, 9.17) is 4.74 Å². The quantitative estimate of drug-likeness (QED) is 0.672. The minimum Gasteiger partial charge on any atom is -0.497 e. The van der Waals surface area contributed by atoms with E-state index in [0.717, 1.165) is 28.9 Å². The van der Waals surface area contributed by atoms with Crippen LogP contribution in [-0.4, -0.2) is 38.8 Å². The maximum atomic E-state index is 12.8. The van der Waals surface area contributed by atoms with Gasteiger partial charge in [0.05, 0.1) is 18.9 Å². The lowest BCUT2D eigenvalue weighted by Gasteiger charge is -2.31. The lowest BCUT2D eigenvalue weighted by Crippen LogP contribution is -2.44. The first-order valence-electron chi connectivity index (χ1n) is 10.8. The average molecular weight is 445 g/mol. The zero-order valence-corrected chi connectivity index (χ0v) is 19.3. The van der Waals surface area contributed by atoms with E-state index in [9.17, 15) is 13.2 Å². The zero-order valence-electron chi connectivity index (χ0n) is 18.5. The second-order valence-electron chi connectivity index (χ2n) is 8.16. The summed E-state index contributed by atoms with van der Waals surface area (Å²) in [6.07, 6.45) is 1.86. The summed E-state index contributed by atoms with van der Waals surface area (Å²) in [5.41, 5.74) is 2.88. The van der Waals surface area contributed by atoms with Crippen LogP contribution in [0.2, 0.25) is 0 Å². The van der Waals surface area contributed by atoms with Crippen LogP contribution >= 0.6 is 0 Å². The molecule has 1 heterocycles. The summed E-state index contributed by atoms with van der Waals surface area (Å²) >= 11 is 0. The molecule has 31 heavy (non-hydrogen) atoms. The molecule has 7 heteroatoms. The first-order valence-corrected chi connectivity index (χ1v) is 12.4. The Morgan fingerprint density at radius 1 is 1.16 bits per heavy atom. The van der Waals surface area contributed by atoms with E-state index in [2.05, 4.69) is 5.32 Å². The molecule has 0 aromatic heterocycles. The summed E-state index contributed by atoms with van der Waals surface area (Å²) in [7, 11) is -1.76. The molecule has 1 aliphatic heterocycles. The van der Waals surface area contributed by atoms with E-state index < -0.39 is 10.0 Å². The van der Waals surface area contributed by atoms with Crippen molar-refractivity contribution >= 4 is 15.9 Å². The number of carbonyl (C=O) groups is 1. The Labute approximate surface area is 185 Å². The van der Waals surface area contributed by atoms with E-state index in [-0.39, 0.29) is 23.6 Å². The predicted octanol–water partition coefficient (Wildman–Crippen LogP) is 3.81. The van der Waals surface area contributed by atoms with E-state index in [0.29, 0.717) is 25.9 Å². The molecule has 0 saturated carbocycles. The lowest BCUT2D eigenvalue weighted by atomic mass is 9.95. The molecule has 1 aliphatic rings. The fraction of sp³-hybridized carbons (Fsp3) is 0.458. The maximum absolute atomic E-state index is 12.8. The van der Waals surface area contributed by atoms with Crippen molar-refractivity contribution in [3.8, 4) is 5.75 Å². The Morgan fingerprint density at radius 3 is 2.42 bits per heavy atom. The van der Waals surface area contributed by atoms with Crippen LogP contribution < -0.4 is 10.1 Å². The van der Waals surface area contributed by atoms with Gasteiger partial charge in [0.15, 0.2) is 0 Å². The maximum Gasteiger partial charge on any atom is 0.223 e. The van der Waals surface area contributed by atoms with Crippen molar-refractivity contribution in [3.63, 3.8) is 0 Å². The predicted molar refractivity (Wildman–Crippen MR) is 122 cm³/mol. The normalized spacial score (nSPS) is 16.6. The number of piperidine rings is 1. The number of hydrogen-bond donors (Lipinski definition) is 1. The van der Waals surface area contributed by atoms with Gasteiger partial charge in [-0.1, -0.05) is 48.9 Å². The van der Waals surface area contributed by atoms with Gasteiger partial charge in [0.1, 0.15) is 5.75 Å². The van der Waals surface area contributed by atoms with E-state index in [1.165, 1.54) is 4.31 Å². The highest BCUT2D eigenvalue weighted by molar-refractivity contribution is 7.88. The number of rotatable bonds is 8. The number of nitrogens with zero attached hydrogens (tertiary/aromatic N) is 1. The lowest BCUT2D eigenvalue weighted by molar-refractivity contribution is -0.126. The molecule has 3 rings (SSSR count). The van der Waals surface area contributed by atoms with E-state index in [1.54, 1.807) is 7.11 Å². The van der Waals surface area contributed by atoms with Crippen molar-refractivity contribution in [2.45, 2.75) is 44.9 Å². The van der Waals surface area contributed by atoms with Gasteiger partial charge in [-0.2, -0.15) is 0 Å². The van der Waals surface area contributed by atoms with Crippen LogP contribution in [0.5, 0.6) is 5.75 Å². The third-order valence-corrected chi connectivity index (χ3v) is 7.74. The Balaban J connectivity index is 1.56. The summed E-state index contributed by atoms with van der Waals surface area (Å²) in [5.74, 6) is 0.612. The average Bonchev–Trinajstić information content (AvgIpc) is 2.77. The molecule has 0 bridgehead atoms. The first kappa shape index (κ1) is 23.3. The number of hydrogen-bond acceptors (Lipinski definition) is 4. The second-order valence-corrected chi connectivity index (χ2v) is 10.1. The van der Waals surface area contributed by atoms with Crippen molar-refractivity contribution in [2.75, 3.05) is 20.2 Å². The number of nitrogens with one attached hydrogen (secondary N) is 1. The third-order valence-electron chi connectivity index (χ3n) is 5.89. The minimum atomic E-state index is -3.39. The van der Waals surface area contributed by atoms with Crippen molar-refractivity contribution in [2.24, 2.45) is 5.92 Å². The van der Waals surface area contributed by atoms with Crippen molar-refractivity contribution in [1.82, 2.24) is 9.62 Å². The van der Waals surface area contributed by atoms with Crippen LogP contribution in [0.1, 0.15) is 48.9 Å². The van der Waals surface area contributed by atoms with Gasteiger partial charge < -0.3 is 10.1 Å². The van der Waals surface area contributed by atoms with Gasteiger partial charge in [-0.05, 0) is 49.4 Å². The summed E-state index contributed by atoms with van der Waals surface area (Å²) in [5, 5.41) is 3.14. The number of methoxy groups -OCH3 is 1. The van der Waals surface area contributed by atoms with E-state index in [1.807, 2.05) is 62.4 Å². The molecule has 1 N–H and O–H groups in total. The van der Waals surface area contributed by atoms with Crippen LogP contribution in [0, 0.1) is 12.8 Å². The smallest absolute Gasteiger partial charge is 0.223 e. The van der Waals surface area contributed by atoms with Crippen LogP contribution in [0.25, 0.3) is 0 Å². The standard InChI is InChI=1S/C24H32N2O4S/c1-4-23(20-8-10-22(30-3)11-9-20)25-24(27)21-12-14-26(15-13-21)31(28,29)17-19-7-5-6-18(2)16-19/h5-11,16,21,23H,4,12-15,17H2,1-3H3,(H,25,27). The number of ether oxygens (including phenoxy) is 1. The molecule has 0 radical (unpaired) electrons. The molecule has 2 aromatic carbocycles. The molecule has 1 fully saturated rings. The molecule has 0 spiro atoms. The van der Waals surface area contributed by atoms with Crippen LogP contribution in [-0.2, 0) is 20.6 Å². The van der Waals surface area contributed by atoms with E-state index >= 15 is 0 Å². The Hall–Kier alpha value is -2.38. The van der Waals surface area contributed by atoms with Crippen LogP contribution in [0.3, 0.4) is 0 Å². The molecular weight excluding hydrogens is 412 g/mol. The number of aryl methyl sites for hydroxylation is 1. The molecule has 1 unspecified atom stereocenters. The van der Waals surface area contributed by atoms with Gasteiger partial charge in [-0.25, -0.2) is 12.7 Å². The molecular formula is C24H32N2O4S. The number of amides is 1. The van der Waals surface area contributed by atoms with Crippen molar-refractivity contribution in [3.05, 3.63) is 65.2 Å².